The Labute approximate surface area is 192 Å². The molecule has 3 N–H and O–H groups in total. The Hall–Kier alpha value is -4.11. The lowest BCUT2D eigenvalue weighted by Gasteiger charge is -2.10. The summed E-state index contributed by atoms with van der Waals surface area (Å²) in [6, 6.07) is 16.8. The highest BCUT2D eigenvalue weighted by molar-refractivity contribution is 7.71. The zero-order valence-corrected chi connectivity index (χ0v) is 18.3. The largest absolute Gasteiger partial charge is 0.352 e. The summed E-state index contributed by atoms with van der Waals surface area (Å²) in [5.41, 5.74) is 1.20. The molecule has 0 radical (unpaired) electrons. The number of benzene rings is 3. The van der Waals surface area contributed by atoms with Gasteiger partial charge in [0.05, 0.1) is 16.6 Å². The van der Waals surface area contributed by atoms with Gasteiger partial charge in [-0.2, -0.15) is 0 Å². The molecule has 0 fully saturated rings. The molecule has 1 heterocycles. The number of fused-ring (bicyclic) bond motifs is 1. The molecule has 0 saturated carbocycles. The summed E-state index contributed by atoms with van der Waals surface area (Å²) < 4.78 is 15.3. The normalized spacial score (nSPS) is 10.7. The molecular formula is C24H19FN4O3S. The third-order valence-electron chi connectivity index (χ3n) is 5.00. The highest BCUT2D eigenvalue weighted by atomic mass is 32.1. The number of amides is 2. The van der Waals surface area contributed by atoms with E-state index in [0.717, 1.165) is 4.57 Å². The Morgan fingerprint density at radius 2 is 1.70 bits per heavy atom. The minimum absolute atomic E-state index is 0.0103. The van der Waals surface area contributed by atoms with E-state index in [1.807, 2.05) is 6.92 Å². The van der Waals surface area contributed by atoms with Crippen LogP contribution in [0.15, 0.2) is 71.5 Å². The van der Waals surface area contributed by atoms with Gasteiger partial charge in [0.1, 0.15) is 5.82 Å². The van der Waals surface area contributed by atoms with E-state index in [4.69, 9.17) is 12.2 Å². The van der Waals surface area contributed by atoms with Crippen LogP contribution in [-0.2, 0) is 0 Å². The fourth-order valence-electron chi connectivity index (χ4n) is 3.38. The van der Waals surface area contributed by atoms with Gasteiger partial charge in [-0.1, -0.05) is 12.1 Å². The average Bonchev–Trinajstić information content (AvgIpc) is 2.80. The number of anilines is 1. The second-order valence-electron chi connectivity index (χ2n) is 7.17. The van der Waals surface area contributed by atoms with Crippen molar-refractivity contribution in [3.05, 3.63) is 98.8 Å². The van der Waals surface area contributed by atoms with Crippen molar-refractivity contribution in [3.8, 4) is 5.69 Å². The molecule has 0 bridgehead atoms. The molecule has 9 heteroatoms. The number of hydrogen-bond acceptors (Lipinski definition) is 4. The number of nitrogens with one attached hydrogen (secondary N) is 3. The molecule has 0 spiro atoms. The summed E-state index contributed by atoms with van der Waals surface area (Å²) in [5.74, 6) is -1.17. The predicted molar refractivity (Wildman–Crippen MR) is 127 cm³/mol. The van der Waals surface area contributed by atoms with Gasteiger partial charge in [-0.05, 0) is 73.7 Å². The van der Waals surface area contributed by atoms with Crippen LogP contribution < -0.4 is 16.2 Å². The molecule has 0 aliphatic heterocycles. The Morgan fingerprint density at radius 1 is 1.00 bits per heavy atom. The number of aromatic nitrogens is 2. The fraction of sp³-hybridized carbons (Fsp3) is 0.0833. The van der Waals surface area contributed by atoms with E-state index in [2.05, 4.69) is 15.6 Å². The van der Waals surface area contributed by atoms with E-state index >= 15 is 0 Å². The van der Waals surface area contributed by atoms with E-state index in [0.29, 0.717) is 28.9 Å². The predicted octanol–water partition coefficient (Wildman–Crippen LogP) is 4.19. The second-order valence-corrected chi connectivity index (χ2v) is 7.56. The monoisotopic (exact) mass is 462 g/mol. The lowest BCUT2D eigenvalue weighted by atomic mass is 10.1. The smallest absolute Gasteiger partial charge is 0.266 e. The lowest BCUT2D eigenvalue weighted by Crippen LogP contribution is -2.22. The molecule has 1 aromatic heterocycles. The van der Waals surface area contributed by atoms with Crippen molar-refractivity contribution >= 4 is 40.6 Å². The molecule has 0 atom stereocenters. The molecule has 166 valence electrons. The second kappa shape index (κ2) is 9.17. The number of halogens is 1. The first-order valence-corrected chi connectivity index (χ1v) is 10.5. The van der Waals surface area contributed by atoms with Gasteiger partial charge in [0.25, 0.3) is 17.4 Å². The van der Waals surface area contributed by atoms with Gasteiger partial charge in [0, 0.05) is 23.4 Å². The Morgan fingerprint density at radius 3 is 2.39 bits per heavy atom. The molecule has 4 rings (SSSR count). The van der Waals surface area contributed by atoms with E-state index in [9.17, 15) is 18.8 Å². The van der Waals surface area contributed by atoms with Crippen LogP contribution in [0.2, 0.25) is 0 Å². The first kappa shape index (κ1) is 22.1. The van der Waals surface area contributed by atoms with Crippen molar-refractivity contribution in [1.82, 2.24) is 14.9 Å². The Bertz CT molecular complexity index is 1490. The molecule has 0 unspecified atom stereocenters. The van der Waals surface area contributed by atoms with Crippen LogP contribution in [0.25, 0.3) is 16.6 Å². The number of hydrogen-bond donors (Lipinski definition) is 3. The van der Waals surface area contributed by atoms with Gasteiger partial charge in [-0.15, -0.1) is 0 Å². The van der Waals surface area contributed by atoms with Gasteiger partial charge in [-0.3, -0.25) is 14.4 Å². The standard InChI is InChI=1S/C24H19FN4O3S/c1-2-26-21(30)14-7-10-16(11-8-14)27-22(31)15-9-12-17-19(13-15)28-24(33)29(23(17)32)20-6-4-3-5-18(20)25/h3-13H,2H2,1H3,(H,26,30)(H,27,31)(H,28,33). The Balaban J connectivity index is 1.63. The number of rotatable bonds is 5. The van der Waals surface area contributed by atoms with Crippen molar-refractivity contribution in [2.24, 2.45) is 0 Å². The highest BCUT2D eigenvalue weighted by Crippen LogP contribution is 2.17. The number of H-pyrrole nitrogens is 1. The van der Waals surface area contributed by atoms with E-state index in [-0.39, 0.29) is 21.8 Å². The van der Waals surface area contributed by atoms with Gasteiger partial charge in [-0.25, -0.2) is 8.96 Å². The zero-order valence-electron chi connectivity index (χ0n) is 17.5. The van der Waals surface area contributed by atoms with Gasteiger partial charge in [0.15, 0.2) is 4.77 Å². The molecular weight excluding hydrogens is 443 g/mol. The zero-order chi connectivity index (χ0) is 23.5. The van der Waals surface area contributed by atoms with Crippen molar-refractivity contribution in [1.29, 1.82) is 0 Å². The van der Waals surface area contributed by atoms with E-state index in [1.165, 1.54) is 36.4 Å². The molecule has 33 heavy (non-hydrogen) atoms. The van der Waals surface area contributed by atoms with Crippen LogP contribution in [0.3, 0.4) is 0 Å². The summed E-state index contributed by atoms with van der Waals surface area (Å²) in [7, 11) is 0. The summed E-state index contributed by atoms with van der Waals surface area (Å²) in [4.78, 5) is 40.5. The van der Waals surface area contributed by atoms with Gasteiger partial charge >= 0.3 is 0 Å². The van der Waals surface area contributed by atoms with Crippen LogP contribution in [-0.4, -0.2) is 27.9 Å². The van der Waals surface area contributed by atoms with E-state index < -0.39 is 17.3 Å². The van der Waals surface area contributed by atoms with Crippen molar-refractivity contribution in [2.75, 3.05) is 11.9 Å². The van der Waals surface area contributed by atoms with E-state index in [1.54, 1.807) is 30.3 Å². The molecule has 2 amide bonds. The summed E-state index contributed by atoms with van der Waals surface area (Å²) in [6.07, 6.45) is 0. The van der Waals surface area contributed by atoms with Gasteiger partial charge < -0.3 is 15.6 Å². The maximum Gasteiger partial charge on any atom is 0.266 e. The van der Waals surface area contributed by atoms with Crippen LogP contribution in [0, 0.1) is 10.6 Å². The molecule has 7 nitrogen and oxygen atoms in total. The molecule has 3 aromatic carbocycles. The third-order valence-corrected chi connectivity index (χ3v) is 5.28. The Kier molecular flexibility index (Phi) is 6.14. The molecule has 0 saturated heterocycles. The summed E-state index contributed by atoms with van der Waals surface area (Å²) in [5, 5.41) is 5.72. The number of carbonyl (C=O) groups excluding carboxylic acids is 2. The van der Waals surface area contributed by atoms with Crippen molar-refractivity contribution in [3.63, 3.8) is 0 Å². The molecule has 0 aliphatic carbocycles. The topological polar surface area (TPSA) is 96.0 Å². The first-order valence-electron chi connectivity index (χ1n) is 10.1. The van der Waals surface area contributed by atoms with Crippen LogP contribution in [0.5, 0.6) is 0 Å². The third kappa shape index (κ3) is 4.44. The first-order chi connectivity index (χ1) is 15.9. The maximum absolute atomic E-state index is 14.2. The maximum atomic E-state index is 14.2. The van der Waals surface area contributed by atoms with Crippen molar-refractivity contribution < 1.29 is 14.0 Å². The summed E-state index contributed by atoms with van der Waals surface area (Å²) in [6.45, 7) is 2.35. The van der Waals surface area contributed by atoms with Gasteiger partial charge in [0.2, 0.25) is 0 Å². The fourth-order valence-corrected chi connectivity index (χ4v) is 3.67. The quantitative estimate of drug-likeness (QED) is 0.388. The average molecular weight is 463 g/mol. The van der Waals surface area contributed by atoms with Crippen LogP contribution >= 0.6 is 12.2 Å². The van der Waals surface area contributed by atoms with Crippen molar-refractivity contribution in [2.45, 2.75) is 6.92 Å². The molecule has 4 aromatic rings. The highest BCUT2D eigenvalue weighted by Gasteiger charge is 2.14. The number of para-hydroxylation sites is 1. The lowest BCUT2D eigenvalue weighted by molar-refractivity contribution is 0.0955. The van der Waals surface area contributed by atoms with Crippen LogP contribution in [0.1, 0.15) is 27.6 Å². The number of aromatic amines is 1. The number of carbonyl (C=O) groups is 2. The molecule has 0 aliphatic rings. The minimum Gasteiger partial charge on any atom is -0.352 e. The summed E-state index contributed by atoms with van der Waals surface area (Å²) >= 11 is 5.28. The minimum atomic E-state index is -0.576. The van der Waals surface area contributed by atoms with Crippen LogP contribution in [0.4, 0.5) is 10.1 Å². The SMILES string of the molecule is CCNC(=O)c1ccc(NC(=O)c2ccc3c(=O)n(-c4ccccc4F)c(=S)[nH]c3c2)cc1. The number of nitrogens with zero attached hydrogens (tertiary/aromatic N) is 1.